The molecular weight excluding hydrogens is 380 g/mol. The van der Waals surface area contributed by atoms with Gasteiger partial charge in [0.15, 0.2) is 5.76 Å². The molecule has 1 aliphatic rings. The van der Waals surface area contributed by atoms with Crippen LogP contribution in [0.2, 0.25) is 0 Å². The van der Waals surface area contributed by atoms with Gasteiger partial charge < -0.3 is 14.5 Å². The van der Waals surface area contributed by atoms with Gasteiger partial charge in [0.2, 0.25) is 10.0 Å². The minimum atomic E-state index is -3.47. The van der Waals surface area contributed by atoms with Crippen LogP contribution >= 0.6 is 0 Å². The number of carbonyl (C=O) groups is 1. The number of hydrogen-bond donors (Lipinski definition) is 1. The van der Waals surface area contributed by atoms with Gasteiger partial charge in [-0.1, -0.05) is 12.1 Å². The standard InChI is InChI=1S/C20H28N2O5S/c1-12-6-7-13(2)18-17(12)16(5)19(27-18)20(23)21-8-9-28(24,25)22-10-14(3)26-15(4)11-22/h6-7,14-15H,8-11H2,1-5H3,(H,21,23)/t14-,15+. The molecule has 1 amide bonds. The number of morpholine rings is 1. The van der Waals surface area contributed by atoms with E-state index in [0.717, 1.165) is 22.1 Å². The molecule has 0 bridgehead atoms. The van der Waals surface area contributed by atoms with E-state index >= 15 is 0 Å². The number of nitrogens with one attached hydrogen (secondary N) is 1. The number of ether oxygens (including phenoxy) is 1. The van der Waals surface area contributed by atoms with Crippen molar-refractivity contribution >= 4 is 26.9 Å². The zero-order valence-corrected chi connectivity index (χ0v) is 17.9. The van der Waals surface area contributed by atoms with Crippen LogP contribution in [0.25, 0.3) is 11.0 Å². The normalized spacial score (nSPS) is 21.2. The van der Waals surface area contributed by atoms with Crippen molar-refractivity contribution in [2.24, 2.45) is 0 Å². The third-order valence-corrected chi connectivity index (χ3v) is 6.92. The first-order valence-electron chi connectivity index (χ1n) is 9.51. The third-order valence-electron chi connectivity index (χ3n) is 5.11. The number of carbonyl (C=O) groups excluding carboxylic acids is 1. The van der Waals surface area contributed by atoms with Gasteiger partial charge in [0, 0.05) is 30.6 Å². The second-order valence-electron chi connectivity index (χ2n) is 7.61. The van der Waals surface area contributed by atoms with Gasteiger partial charge in [-0.3, -0.25) is 4.79 Å². The first-order valence-corrected chi connectivity index (χ1v) is 11.1. The molecule has 1 fully saturated rings. The Balaban J connectivity index is 1.68. The molecule has 1 aromatic carbocycles. The summed E-state index contributed by atoms with van der Waals surface area (Å²) in [6.07, 6.45) is -0.282. The lowest BCUT2D eigenvalue weighted by Crippen LogP contribution is -2.49. The molecule has 28 heavy (non-hydrogen) atoms. The highest BCUT2D eigenvalue weighted by Gasteiger charge is 2.31. The van der Waals surface area contributed by atoms with Crippen LogP contribution in [0.5, 0.6) is 0 Å². The highest BCUT2D eigenvalue weighted by molar-refractivity contribution is 7.89. The van der Waals surface area contributed by atoms with Gasteiger partial charge in [0.05, 0.1) is 18.0 Å². The average Bonchev–Trinajstić information content (AvgIpc) is 2.96. The van der Waals surface area contributed by atoms with E-state index in [-0.39, 0.29) is 30.3 Å². The Hall–Kier alpha value is -1.90. The Labute approximate surface area is 166 Å². The van der Waals surface area contributed by atoms with Crippen LogP contribution in [0.15, 0.2) is 16.5 Å². The minimum absolute atomic E-state index is 0.0235. The maximum atomic E-state index is 12.6. The zero-order chi connectivity index (χ0) is 20.6. The molecule has 1 saturated heterocycles. The number of hydrogen-bond acceptors (Lipinski definition) is 5. The van der Waals surface area contributed by atoms with Crippen molar-refractivity contribution in [2.45, 2.75) is 46.8 Å². The van der Waals surface area contributed by atoms with Crippen LogP contribution < -0.4 is 5.32 Å². The van der Waals surface area contributed by atoms with E-state index in [0.29, 0.717) is 18.7 Å². The molecule has 154 valence electrons. The second kappa shape index (κ2) is 7.85. The van der Waals surface area contributed by atoms with Crippen molar-refractivity contribution < 1.29 is 22.4 Å². The van der Waals surface area contributed by atoms with E-state index in [2.05, 4.69) is 5.32 Å². The van der Waals surface area contributed by atoms with Crippen molar-refractivity contribution in [2.75, 3.05) is 25.4 Å². The molecule has 0 aliphatic carbocycles. The zero-order valence-electron chi connectivity index (χ0n) is 17.0. The summed E-state index contributed by atoms with van der Waals surface area (Å²) in [7, 11) is -3.47. The molecule has 1 aromatic heterocycles. The van der Waals surface area contributed by atoms with Crippen LogP contribution in [-0.4, -0.2) is 56.2 Å². The number of benzene rings is 1. The lowest BCUT2D eigenvalue weighted by Gasteiger charge is -2.34. The molecule has 1 aliphatic heterocycles. The quantitative estimate of drug-likeness (QED) is 0.821. The largest absolute Gasteiger partial charge is 0.450 e. The molecule has 3 rings (SSSR count). The average molecular weight is 409 g/mol. The highest BCUT2D eigenvalue weighted by Crippen LogP contribution is 2.30. The first kappa shape index (κ1) is 20.8. The Morgan fingerprint density at radius 2 is 1.75 bits per heavy atom. The van der Waals surface area contributed by atoms with E-state index in [1.54, 1.807) is 0 Å². The molecule has 2 atom stereocenters. The number of nitrogens with zero attached hydrogens (tertiary/aromatic N) is 1. The van der Waals surface area contributed by atoms with Crippen LogP contribution in [0.3, 0.4) is 0 Å². The van der Waals surface area contributed by atoms with Crippen molar-refractivity contribution in [3.05, 3.63) is 34.6 Å². The number of rotatable bonds is 5. The molecule has 0 unspecified atom stereocenters. The second-order valence-corrected chi connectivity index (χ2v) is 9.69. The number of furan rings is 1. The number of amides is 1. The molecule has 8 heteroatoms. The Kier molecular flexibility index (Phi) is 5.84. The summed E-state index contributed by atoms with van der Waals surface area (Å²) in [5.41, 5.74) is 3.47. The van der Waals surface area contributed by atoms with Gasteiger partial charge in [-0.15, -0.1) is 0 Å². The van der Waals surface area contributed by atoms with E-state index in [1.165, 1.54) is 4.31 Å². The van der Waals surface area contributed by atoms with Crippen molar-refractivity contribution in [3.63, 3.8) is 0 Å². The van der Waals surface area contributed by atoms with E-state index < -0.39 is 15.9 Å². The molecule has 0 spiro atoms. The molecule has 7 nitrogen and oxygen atoms in total. The van der Waals surface area contributed by atoms with Gasteiger partial charge in [-0.05, 0) is 45.7 Å². The summed E-state index contributed by atoms with van der Waals surface area (Å²) in [5, 5.41) is 3.63. The SMILES string of the molecule is Cc1ccc(C)c2c(C)c(C(=O)NCCS(=O)(=O)N3C[C@@H](C)O[C@@H](C)C3)oc12. The number of fused-ring (bicyclic) bond motifs is 1. The Morgan fingerprint density at radius 3 is 2.36 bits per heavy atom. The fourth-order valence-electron chi connectivity index (χ4n) is 3.75. The lowest BCUT2D eigenvalue weighted by atomic mass is 10.0. The maximum absolute atomic E-state index is 12.6. The fourth-order valence-corrected chi connectivity index (χ4v) is 5.24. The lowest BCUT2D eigenvalue weighted by molar-refractivity contribution is -0.0440. The summed E-state index contributed by atoms with van der Waals surface area (Å²) in [4.78, 5) is 12.6. The van der Waals surface area contributed by atoms with Crippen molar-refractivity contribution in [1.82, 2.24) is 9.62 Å². The third kappa shape index (κ3) is 4.09. The van der Waals surface area contributed by atoms with Crippen molar-refractivity contribution in [1.29, 1.82) is 0 Å². The molecular formula is C20H28N2O5S. The van der Waals surface area contributed by atoms with E-state index in [9.17, 15) is 13.2 Å². The number of aryl methyl sites for hydroxylation is 3. The van der Waals surface area contributed by atoms with Crippen LogP contribution in [0.4, 0.5) is 0 Å². The highest BCUT2D eigenvalue weighted by atomic mass is 32.2. The molecule has 2 aromatic rings. The topological polar surface area (TPSA) is 88.9 Å². The van der Waals surface area contributed by atoms with Crippen LogP contribution in [-0.2, 0) is 14.8 Å². The predicted octanol–water partition coefficient (Wildman–Crippen LogP) is 2.53. The van der Waals surface area contributed by atoms with Gasteiger partial charge >= 0.3 is 0 Å². The monoisotopic (exact) mass is 408 g/mol. The van der Waals surface area contributed by atoms with Crippen LogP contribution in [0.1, 0.15) is 41.1 Å². The molecule has 0 radical (unpaired) electrons. The van der Waals surface area contributed by atoms with Gasteiger partial charge in [-0.2, -0.15) is 4.31 Å². The van der Waals surface area contributed by atoms with Crippen LogP contribution in [0, 0.1) is 20.8 Å². The minimum Gasteiger partial charge on any atom is -0.450 e. The van der Waals surface area contributed by atoms with E-state index in [1.807, 2.05) is 46.8 Å². The first-order chi connectivity index (χ1) is 13.1. The summed E-state index contributed by atoms with van der Waals surface area (Å²) >= 11 is 0. The Morgan fingerprint density at radius 1 is 1.14 bits per heavy atom. The molecule has 1 N–H and O–H groups in total. The fraction of sp³-hybridized carbons (Fsp3) is 0.550. The summed E-state index contributed by atoms with van der Waals surface area (Å²) in [6, 6.07) is 3.96. The maximum Gasteiger partial charge on any atom is 0.287 e. The summed E-state index contributed by atoms with van der Waals surface area (Å²) < 4.78 is 38.0. The molecule has 2 heterocycles. The van der Waals surface area contributed by atoms with Crippen molar-refractivity contribution in [3.8, 4) is 0 Å². The van der Waals surface area contributed by atoms with E-state index in [4.69, 9.17) is 9.15 Å². The van der Waals surface area contributed by atoms with Gasteiger partial charge in [-0.25, -0.2) is 8.42 Å². The Bertz CT molecular complexity index is 986. The summed E-state index contributed by atoms with van der Waals surface area (Å²) in [5.74, 6) is -0.319. The molecule has 0 saturated carbocycles. The summed E-state index contributed by atoms with van der Waals surface area (Å²) in [6.45, 7) is 10.2. The van der Waals surface area contributed by atoms with Gasteiger partial charge in [0.1, 0.15) is 5.58 Å². The number of sulfonamides is 1. The smallest absolute Gasteiger partial charge is 0.287 e. The van der Waals surface area contributed by atoms with Gasteiger partial charge in [0.25, 0.3) is 5.91 Å². The predicted molar refractivity (Wildman–Crippen MR) is 108 cm³/mol.